The highest BCUT2D eigenvalue weighted by molar-refractivity contribution is 6.86. The molecule has 0 saturated carbocycles. The largest absolute Gasteiger partial charge is 0.373 e. The van der Waals surface area contributed by atoms with Gasteiger partial charge in [-0.3, -0.25) is 14.3 Å². The van der Waals surface area contributed by atoms with Crippen molar-refractivity contribution in [2.24, 2.45) is 5.92 Å². The first-order chi connectivity index (χ1) is 16.6. The SMILES string of the molecule is Cc1cn([C@@]2([SiH](c3ccccc3)c3ccccc3)C[C@H](C=O)[C@@H](COC(C)(C)C)O2)c(=O)[nH]c1=O. The van der Waals surface area contributed by atoms with Crippen molar-refractivity contribution in [3.05, 3.63) is 93.3 Å². The number of nitrogens with zero attached hydrogens (tertiary/aromatic N) is 1. The van der Waals surface area contributed by atoms with Gasteiger partial charge in [0.2, 0.25) is 0 Å². The molecule has 0 radical (unpaired) electrons. The molecule has 3 aromatic rings. The molecule has 4 rings (SSSR count). The number of hydrogen-bond donors (Lipinski definition) is 1. The minimum Gasteiger partial charge on any atom is -0.373 e. The molecule has 8 heteroatoms. The highest BCUT2D eigenvalue weighted by Gasteiger charge is 2.55. The number of nitrogens with one attached hydrogen (secondary N) is 1. The van der Waals surface area contributed by atoms with Crippen molar-refractivity contribution in [1.82, 2.24) is 9.55 Å². The van der Waals surface area contributed by atoms with Crippen LogP contribution in [0.5, 0.6) is 0 Å². The van der Waals surface area contributed by atoms with Gasteiger partial charge < -0.3 is 14.3 Å². The van der Waals surface area contributed by atoms with Crippen LogP contribution in [-0.2, 0) is 19.6 Å². The lowest BCUT2D eigenvalue weighted by atomic mass is 10.0. The van der Waals surface area contributed by atoms with Crippen molar-refractivity contribution in [1.29, 1.82) is 0 Å². The van der Waals surface area contributed by atoms with Gasteiger partial charge in [0.15, 0.2) is 8.80 Å². The van der Waals surface area contributed by atoms with Crippen LogP contribution in [0.2, 0.25) is 0 Å². The van der Waals surface area contributed by atoms with Gasteiger partial charge in [-0.15, -0.1) is 0 Å². The molecule has 1 aromatic heterocycles. The monoisotopic (exact) mass is 492 g/mol. The molecule has 2 aromatic carbocycles. The first-order valence-electron chi connectivity index (χ1n) is 11.8. The molecular weight excluding hydrogens is 460 g/mol. The number of aldehydes is 1. The molecule has 1 saturated heterocycles. The highest BCUT2D eigenvalue weighted by atomic mass is 28.3. The van der Waals surface area contributed by atoms with Gasteiger partial charge >= 0.3 is 5.69 Å². The van der Waals surface area contributed by atoms with E-state index in [0.717, 1.165) is 16.7 Å². The lowest BCUT2D eigenvalue weighted by Crippen LogP contribution is -2.64. The lowest BCUT2D eigenvalue weighted by Gasteiger charge is -2.39. The summed E-state index contributed by atoms with van der Waals surface area (Å²) in [5.41, 5.74) is -0.995. The van der Waals surface area contributed by atoms with Crippen LogP contribution in [0.15, 0.2) is 76.4 Å². The van der Waals surface area contributed by atoms with E-state index in [2.05, 4.69) is 4.98 Å². The molecule has 0 aliphatic carbocycles. The van der Waals surface area contributed by atoms with E-state index in [1.54, 1.807) is 13.1 Å². The molecule has 2 heterocycles. The van der Waals surface area contributed by atoms with Crippen LogP contribution in [-0.4, -0.2) is 42.9 Å². The summed E-state index contributed by atoms with van der Waals surface area (Å²) in [6, 6.07) is 20.0. The smallest absolute Gasteiger partial charge is 0.330 e. The van der Waals surface area contributed by atoms with E-state index in [0.29, 0.717) is 12.0 Å². The van der Waals surface area contributed by atoms with E-state index in [1.807, 2.05) is 81.4 Å². The zero-order valence-corrected chi connectivity index (χ0v) is 21.7. The summed E-state index contributed by atoms with van der Waals surface area (Å²) in [6.07, 6.45) is 2.25. The van der Waals surface area contributed by atoms with E-state index in [1.165, 1.54) is 4.57 Å². The van der Waals surface area contributed by atoms with Gasteiger partial charge in [-0.05, 0) is 27.7 Å². The van der Waals surface area contributed by atoms with Gasteiger partial charge in [0.25, 0.3) is 5.56 Å². The molecule has 1 aliphatic rings. The Balaban J connectivity index is 1.96. The molecule has 1 fully saturated rings. The number of aromatic nitrogens is 2. The molecule has 0 bridgehead atoms. The van der Waals surface area contributed by atoms with Crippen molar-refractivity contribution in [2.45, 2.75) is 51.2 Å². The predicted octanol–water partition coefficient (Wildman–Crippen LogP) is 1.50. The summed E-state index contributed by atoms with van der Waals surface area (Å²) in [6.45, 7) is 7.73. The molecule has 0 amide bonds. The molecular formula is C27H32N2O5Si. The quantitative estimate of drug-likeness (QED) is 0.399. The number of benzene rings is 2. The molecule has 7 nitrogen and oxygen atoms in total. The Morgan fingerprint density at radius 3 is 2.17 bits per heavy atom. The maximum absolute atomic E-state index is 13.3. The molecule has 35 heavy (non-hydrogen) atoms. The Kier molecular flexibility index (Phi) is 7.07. The minimum absolute atomic E-state index is 0.219. The van der Waals surface area contributed by atoms with Gasteiger partial charge in [0.05, 0.1) is 18.3 Å². The number of hydrogen-bond acceptors (Lipinski definition) is 5. The van der Waals surface area contributed by atoms with Crippen molar-refractivity contribution < 1.29 is 14.3 Å². The van der Waals surface area contributed by atoms with E-state index in [4.69, 9.17) is 9.47 Å². The third kappa shape index (κ3) is 5.14. The number of carbonyl (C=O) groups excluding carboxylic acids is 1. The average molecular weight is 493 g/mol. The van der Waals surface area contributed by atoms with Crippen molar-refractivity contribution in [2.75, 3.05) is 6.61 Å². The van der Waals surface area contributed by atoms with Crippen LogP contribution in [0.4, 0.5) is 0 Å². The minimum atomic E-state index is -2.38. The van der Waals surface area contributed by atoms with Gasteiger partial charge in [0.1, 0.15) is 11.6 Å². The summed E-state index contributed by atoms with van der Waals surface area (Å²) in [7, 11) is -2.38. The zero-order chi connectivity index (χ0) is 25.2. The second kappa shape index (κ2) is 9.89. The summed E-state index contributed by atoms with van der Waals surface area (Å²) < 4.78 is 14.4. The maximum atomic E-state index is 13.3. The standard InChI is InChI=1S/C27H32N2O5Si/c1-19-16-29(25(32)28-24(19)31)27(15-20(17-30)23(34-27)18-33-26(2,3)4)35(21-11-7-5-8-12-21)22-13-9-6-10-14-22/h5-14,16-17,20,23,35H,15,18H2,1-4H3,(H,28,31,32)/t20-,23-,27+/m1/s1. The Morgan fingerprint density at radius 2 is 1.66 bits per heavy atom. The third-order valence-corrected chi connectivity index (χ3v) is 10.1. The van der Waals surface area contributed by atoms with Gasteiger partial charge in [-0.25, -0.2) is 4.79 Å². The van der Waals surface area contributed by atoms with Crippen LogP contribution in [0.1, 0.15) is 32.8 Å². The predicted molar refractivity (Wildman–Crippen MR) is 138 cm³/mol. The van der Waals surface area contributed by atoms with E-state index in [9.17, 15) is 14.4 Å². The fourth-order valence-electron chi connectivity index (χ4n) is 4.82. The molecule has 184 valence electrons. The van der Waals surface area contributed by atoms with Crippen molar-refractivity contribution >= 4 is 25.5 Å². The molecule has 3 atom stereocenters. The van der Waals surface area contributed by atoms with E-state index >= 15 is 0 Å². The zero-order valence-electron chi connectivity index (χ0n) is 20.6. The highest BCUT2D eigenvalue weighted by Crippen LogP contribution is 2.40. The molecule has 0 unspecified atom stereocenters. The fraction of sp³-hybridized carbons (Fsp3) is 0.370. The topological polar surface area (TPSA) is 90.4 Å². The Labute approximate surface area is 206 Å². The van der Waals surface area contributed by atoms with Crippen molar-refractivity contribution in [3.8, 4) is 0 Å². The average Bonchev–Trinajstić information content (AvgIpc) is 3.20. The maximum Gasteiger partial charge on any atom is 0.330 e. The van der Waals surface area contributed by atoms with Crippen LogP contribution in [0.25, 0.3) is 0 Å². The Morgan fingerprint density at radius 1 is 1.09 bits per heavy atom. The van der Waals surface area contributed by atoms with E-state index in [-0.39, 0.29) is 6.61 Å². The first-order valence-corrected chi connectivity index (χ1v) is 13.6. The number of rotatable bonds is 7. The second-order valence-corrected chi connectivity index (χ2v) is 13.2. The summed E-state index contributed by atoms with van der Waals surface area (Å²) in [5.74, 6) is -0.473. The first kappa shape index (κ1) is 25.0. The van der Waals surface area contributed by atoms with Gasteiger partial charge in [-0.2, -0.15) is 0 Å². The van der Waals surface area contributed by atoms with Crippen LogP contribution in [0.3, 0.4) is 0 Å². The molecule has 1 N–H and O–H groups in total. The lowest BCUT2D eigenvalue weighted by molar-refractivity contribution is -0.122. The third-order valence-electron chi connectivity index (χ3n) is 6.46. The van der Waals surface area contributed by atoms with Gasteiger partial charge in [0, 0.05) is 24.1 Å². The van der Waals surface area contributed by atoms with Crippen LogP contribution in [0, 0.1) is 12.8 Å². The molecule has 1 aliphatic heterocycles. The number of aromatic amines is 1. The molecule has 0 spiro atoms. The fourth-order valence-corrected chi connectivity index (χ4v) is 8.75. The van der Waals surface area contributed by atoms with E-state index < -0.39 is 43.0 Å². The normalized spacial score (nSPS) is 22.4. The Hall–Kier alpha value is -3.07. The number of aryl methyl sites for hydroxylation is 1. The van der Waals surface area contributed by atoms with Crippen LogP contribution >= 0.6 is 0 Å². The summed E-state index contributed by atoms with van der Waals surface area (Å²) in [5, 5.41) is 1.000. The number of ether oxygens (including phenoxy) is 2. The Bertz CT molecular complexity index is 1240. The summed E-state index contributed by atoms with van der Waals surface area (Å²) >= 11 is 0. The second-order valence-electron chi connectivity index (χ2n) is 10.1. The number of carbonyl (C=O) groups is 1. The summed E-state index contributed by atoms with van der Waals surface area (Å²) in [4.78, 5) is 40.3. The van der Waals surface area contributed by atoms with Crippen molar-refractivity contribution in [3.63, 3.8) is 0 Å². The van der Waals surface area contributed by atoms with Gasteiger partial charge in [-0.1, -0.05) is 71.0 Å². The number of H-pyrrole nitrogens is 1. The van der Waals surface area contributed by atoms with Crippen LogP contribution < -0.4 is 21.6 Å².